The molecular weight excluding hydrogens is 220 g/mol. The fourth-order valence-corrected chi connectivity index (χ4v) is 3.07. The Morgan fingerprint density at radius 3 is 3.00 bits per heavy atom. The van der Waals surface area contributed by atoms with Crippen molar-refractivity contribution in [2.24, 2.45) is 0 Å². The van der Waals surface area contributed by atoms with E-state index in [9.17, 15) is 4.79 Å². The van der Waals surface area contributed by atoms with Crippen LogP contribution in [0.25, 0.3) is 0 Å². The van der Waals surface area contributed by atoms with Crippen molar-refractivity contribution in [2.75, 3.05) is 5.75 Å². The first-order valence-corrected chi connectivity index (χ1v) is 6.10. The largest absolute Gasteiger partial charge is 0.452 e. The van der Waals surface area contributed by atoms with Crippen LogP contribution in [0, 0.1) is 0 Å². The summed E-state index contributed by atoms with van der Waals surface area (Å²) in [4.78, 5) is 11.9. The van der Waals surface area contributed by atoms with Crippen molar-refractivity contribution in [1.82, 2.24) is 0 Å². The van der Waals surface area contributed by atoms with Crippen LogP contribution in [0.5, 0.6) is 0 Å². The molecule has 1 fully saturated rings. The quantitative estimate of drug-likeness (QED) is 0.730. The van der Waals surface area contributed by atoms with Gasteiger partial charge in [-0.15, -0.1) is 0 Å². The highest BCUT2D eigenvalue weighted by Crippen LogP contribution is 2.30. The molecule has 1 aliphatic heterocycles. The van der Waals surface area contributed by atoms with Crippen LogP contribution in [0.3, 0.4) is 0 Å². The van der Waals surface area contributed by atoms with E-state index < -0.39 is 0 Å². The van der Waals surface area contributed by atoms with E-state index in [1.54, 1.807) is 17.8 Å². The van der Waals surface area contributed by atoms with Gasteiger partial charge >= 0.3 is 0 Å². The number of halogens is 1. The Hall–Kier alpha value is -0.410. The van der Waals surface area contributed by atoms with Crippen molar-refractivity contribution in [3.8, 4) is 0 Å². The van der Waals surface area contributed by atoms with E-state index in [1.165, 1.54) is 12.7 Å². The molecule has 0 radical (unpaired) electrons. The zero-order valence-corrected chi connectivity index (χ0v) is 9.24. The second kappa shape index (κ2) is 4.41. The summed E-state index contributed by atoms with van der Waals surface area (Å²) >= 11 is 7.49. The molecule has 1 aliphatic rings. The summed E-state index contributed by atoms with van der Waals surface area (Å²) in [5.74, 6) is 1.19. The lowest BCUT2D eigenvalue weighted by molar-refractivity contribution is 0.0984. The zero-order chi connectivity index (χ0) is 9.97. The number of ketones is 1. The normalized spacial score (nSPS) is 22.2. The molecule has 0 N–H and O–H groups in total. The van der Waals surface area contributed by atoms with Crippen LogP contribution in [0.4, 0.5) is 0 Å². The molecule has 2 nitrogen and oxygen atoms in total. The molecule has 1 aromatic heterocycles. The fraction of sp³-hybridized carbons (Fsp3) is 0.500. The zero-order valence-electron chi connectivity index (χ0n) is 7.66. The molecule has 0 spiro atoms. The first-order valence-electron chi connectivity index (χ1n) is 4.68. The summed E-state index contributed by atoms with van der Waals surface area (Å²) in [7, 11) is 0. The predicted octanol–water partition coefficient (Wildman–Crippen LogP) is 3.40. The number of Topliss-reactive ketones (excluding diaryl/α,β-unsaturated/α-hetero) is 1. The Morgan fingerprint density at radius 2 is 2.43 bits per heavy atom. The smallest absolute Gasteiger partial charge is 0.203 e. The van der Waals surface area contributed by atoms with E-state index in [4.69, 9.17) is 16.0 Å². The minimum absolute atomic E-state index is 0.0823. The Kier molecular flexibility index (Phi) is 3.19. The first kappa shape index (κ1) is 10.1. The van der Waals surface area contributed by atoms with Crippen molar-refractivity contribution in [3.63, 3.8) is 0 Å². The minimum atomic E-state index is 0.0823. The van der Waals surface area contributed by atoms with E-state index >= 15 is 0 Å². The van der Waals surface area contributed by atoms with Gasteiger partial charge in [-0.25, -0.2) is 0 Å². The lowest BCUT2D eigenvalue weighted by Crippen LogP contribution is -2.20. The third-order valence-electron chi connectivity index (χ3n) is 2.36. The molecule has 0 saturated carbocycles. The molecule has 4 heteroatoms. The van der Waals surface area contributed by atoms with Gasteiger partial charge in [0.1, 0.15) is 0 Å². The molecule has 0 bridgehead atoms. The van der Waals surface area contributed by atoms with Crippen molar-refractivity contribution < 1.29 is 9.21 Å². The van der Waals surface area contributed by atoms with E-state index in [0.29, 0.717) is 5.56 Å². The Bertz CT molecular complexity index is 329. The lowest BCUT2D eigenvalue weighted by Gasteiger charge is -2.19. The number of carbonyl (C=O) groups excluding carboxylic acids is 1. The van der Waals surface area contributed by atoms with Gasteiger partial charge in [0.2, 0.25) is 5.22 Å². The number of furan rings is 1. The van der Waals surface area contributed by atoms with Crippen LogP contribution >= 0.6 is 23.4 Å². The maximum Gasteiger partial charge on any atom is 0.203 e. The molecule has 2 heterocycles. The molecule has 1 atom stereocenters. The molecule has 1 saturated heterocycles. The molecular formula is C10H11ClO2S. The van der Waals surface area contributed by atoms with Crippen molar-refractivity contribution in [2.45, 2.75) is 24.5 Å². The maximum absolute atomic E-state index is 11.9. The standard InChI is InChI=1S/C10H11ClO2S/c11-10-7(4-5-13-10)9(12)8-3-1-2-6-14-8/h4-5,8H,1-3,6H2. The van der Waals surface area contributed by atoms with Gasteiger partial charge in [-0.1, -0.05) is 6.42 Å². The second-order valence-electron chi connectivity index (χ2n) is 3.33. The molecule has 1 aromatic rings. The first-order chi connectivity index (χ1) is 6.79. The van der Waals surface area contributed by atoms with E-state index in [-0.39, 0.29) is 16.3 Å². The highest BCUT2D eigenvalue weighted by atomic mass is 35.5. The van der Waals surface area contributed by atoms with Gasteiger partial charge in [-0.05, 0) is 36.3 Å². The summed E-state index contributed by atoms with van der Waals surface area (Å²) in [6.07, 6.45) is 4.78. The molecule has 1 unspecified atom stereocenters. The predicted molar refractivity (Wildman–Crippen MR) is 58.1 cm³/mol. The van der Waals surface area contributed by atoms with Gasteiger partial charge in [0, 0.05) is 0 Å². The SMILES string of the molecule is O=C(c1ccoc1Cl)C1CCCCS1. The summed E-state index contributed by atoms with van der Waals surface area (Å²) in [5.41, 5.74) is 0.533. The van der Waals surface area contributed by atoms with Gasteiger partial charge in [-0.2, -0.15) is 11.8 Å². The van der Waals surface area contributed by atoms with Crippen LogP contribution in [0.2, 0.25) is 5.22 Å². The highest BCUT2D eigenvalue weighted by molar-refractivity contribution is 8.00. The van der Waals surface area contributed by atoms with Crippen LogP contribution in [0.15, 0.2) is 16.7 Å². The Labute approximate surface area is 92.0 Å². The maximum atomic E-state index is 11.9. The number of hydrogen-bond acceptors (Lipinski definition) is 3. The third kappa shape index (κ3) is 1.98. The average molecular weight is 231 g/mol. The van der Waals surface area contributed by atoms with Gasteiger partial charge in [0.05, 0.1) is 17.1 Å². The molecule has 0 aromatic carbocycles. The molecule has 0 aliphatic carbocycles. The second-order valence-corrected chi connectivity index (χ2v) is 4.98. The van der Waals surface area contributed by atoms with Crippen LogP contribution < -0.4 is 0 Å². The number of rotatable bonds is 2. The number of carbonyl (C=O) groups is 1. The van der Waals surface area contributed by atoms with Gasteiger partial charge < -0.3 is 4.42 Å². The lowest BCUT2D eigenvalue weighted by atomic mass is 10.1. The molecule has 76 valence electrons. The number of thioether (sulfide) groups is 1. The Balaban J connectivity index is 2.11. The summed E-state index contributed by atoms with van der Waals surface area (Å²) < 4.78 is 4.91. The van der Waals surface area contributed by atoms with E-state index in [2.05, 4.69) is 0 Å². The average Bonchev–Trinajstić information content (AvgIpc) is 2.65. The van der Waals surface area contributed by atoms with E-state index in [1.807, 2.05) is 0 Å². The van der Waals surface area contributed by atoms with Crippen molar-refractivity contribution in [1.29, 1.82) is 0 Å². The van der Waals surface area contributed by atoms with Crippen LogP contribution in [-0.4, -0.2) is 16.8 Å². The highest BCUT2D eigenvalue weighted by Gasteiger charge is 2.25. The van der Waals surface area contributed by atoms with Gasteiger partial charge in [0.15, 0.2) is 5.78 Å². The van der Waals surface area contributed by atoms with E-state index in [0.717, 1.165) is 18.6 Å². The van der Waals surface area contributed by atoms with Crippen LogP contribution in [-0.2, 0) is 0 Å². The fourth-order valence-electron chi connectivity index (χ4n) is 1.59. The summed E-state index contributed by atoms with van der Waals surface area (Å²) in [6, 6.07) is 1.65. The summed E-state index contributed by atoms with van der Waals surface area (Å²) in [5, 5.41) is 0.306. The van der Waals surface area contributed by atoms with Crippen LogP contribution in [0.1, 0.15) is 29.6 Å². The minimum Gasteiger partial charge on any atom is -0.452 e. The molecule has 0 amide bonds. The molecule has 14 heavy (non-hydrogen) atoms. The monoisotopic (exact) mass is 230 g/mol. The van der Waals surface area contributed by atoms with Gasteiger partial charge in [0.25, 0.3) is 0 Å². The van der Waals surface area contributed by atoms with Gasteiger partial charge in [-0.3, -0.25) is 4.79 Å². The third-order valence-corrected chi connectivity index (χ3v) is 4.02. The summed E-state index contributed by atoms with van der Waals surface area (Å²) in [6.45, 7) is 0. The molecule has 2 rings (SSSR count). The number of hydrogen-bond donors (Lipinski definition) is 0. The Morgan fingerprint density at radius 1 is 1.57 bits per heavy atom. The van der Waals surface area contributed by atoms with Crippen molar-refractivity contribution in [3.05, 3.63) is 23.1 Å². The van der Waals surface area contributed by atoms with Crippen molar-refractivity contribution >= 4 is 29.1 Å². The topological polar surface area (TPSA) is 30.2 Å².